The minimum Gasteiger partial charge on any atom is -0.447 e. The Bertz CT molecular complexity index is 767. The van der Waals surface area contributed by atoms with Gasteiger partial charge >= 0.3 is 6.09 Å². The molecule has 2 heterocycles. The highest BCUT2D eigenvalue weighted by atomic mass is 16.6. The number of carbonyl (C=O) groups is 2. The average molecular weight is 418 g/mol. The van der Waals surface area contributed by atoms with Crippen LogP contribution < -0.4 is 10.6 Å². The van der Waals surface area contributed by atoms with E-state index in [1.54, 1.807) is 7.11 Å². The average Bonchev–Trinajstić information content (AvgIpc) is 2.89. The number of hydrogen-bond donors (Lipinski definition) is 2. The van der Waals surface area contributed by atoms with Gasteiger partial charge in [-0.05, 0) is 56.8 Å². The van der Waals surface area contributed by atoms with Crippen LogP contribution in [0.15, 0.2) is 24.3 Å². The summed E-state index contributed by atoms with van der Waals surface area (Å²) in [5.41, 5.74) is 1.76. The summed E-state index contributed by atoms with van der Waals surface area (Å²) in [7, 11) is 1.59. The lowest BCUT2D eigenvalue weighted by Crippen LogP contribution is -2.51. The molecule has 2 fully saturated rings. The molecule has 1 saturated heterocycles. The molecule has 2 unspecified atom stereocenters. The zero-order chi connectivity index (χ0) is 21.0. The number of ether oxygens (including phenoxy) is 2. The van der Waals surface area contributed by atoms with Crippen LogP contribution in [-0.4, -0.2) is 62.4 Å². The normalized spacial score (nSPS) is 26.0. The number of methoxy groups -OCH3 is 1. The third kappa shape index (κ3) is 4.32. The van der Waals surface area contributed by atoms with Crippen LogP contribution in [0.25, 0.3) is 0 Å². The highest BCUT2D eigenvalue weighted by Gasteiger charge is 2.48. The molecule has 7 nitrogen and oxygen atoms in total. The molecule has 1 spiro atoms. The number of nitrogens with one attached hydrogen (secondary N) is 2. The van der Waals surface area contributed by atoms with Gasteiger partial charge in [0.15, 0.2) is 0 Å². The van der Waals surface area contributed by atoms with Crippen molar-refractivity contribution in [2.24, 2.45) is 0 Å². The monoisotopic (exact) mass is 417 g/mol. The molecule has 1 aliphatic carbocycles. The van der Waals surface area contributed by atoms with Crippen molar-refractivity contribution in [1.29, 1.82) is 0 Å². The van der Waals surface area contributed by atoms with E-state index in [1.165, 1.54) is 6.42 Å². The molecule has 166 valence electrons. The van der Waals surface area contributed by atoms with E-state index < -0.39 is 0 Å². The van der Waals surface area contributed by atoms with Gasteiger partial charge in [0.25, 0.3) is 0 Å². The summed E-state index contributed by atoms with van der Waals surface area (Å²) < 4.78 is 10.1. The first-order valence-corrected chi connectivity index (χ1v) is 11.2. The zero-order valence-corrected chi connectivity index (χ0v) is 17.8. The van der Waals surface area contributed by atoms with Crippen LogP contribution in [0.2, 0.25) is 0 Å². The lowest BCUT2D eigenvalue weighted by atomic mass is 9.73. The van der Waals surface area contributed by atoms with E-state index >= 15 is 0 Å². The van der Waals surface area contributed by atoms with Crippen LogP contribution in [-0.2, 0) is 19.7 Å². The Morgan fingerprint density at radius 2 is 2.00 bits per heavy atom. The number of likely N-dealkylation sites (tertiary alicyclic amines) is 1. The zero-order valence-electron chi connectivity index (χ0n) is 17.8. The van der Waals surface area contributed by atoms with Crippen LogP contribution in [0.4, 0.5) is 10.5 Å². The van der Waals surface area contributed by atoms with Gasteiger partial charge in [-0.1, -0.05) is 31.0 Å². The number of carbonyl (C=O) groups excluding carboxylic acids is 2. The Morgan fingerprint density at radius 1 is 1.23 bits per heavy atom. The quantitative estimate of drug-likeness (QED) is 0.568. The van der Waals surface area contributed by atoms with Crippen molar-refractivity contribution < 1.29 is 20.5 Å². The number of nitrogens with zero attached hydrogens (tertiary/aromatic N) is 1. The predicted octanol–water partition coefficient (Wildman–Crippen LogP) is 3.29. The van der Waals surface area contributed by atoms with E-state index in [4.69, 9.17) is 9.47 Å². The van der Waals surface area contributed by atoms with Crippen molar-refractivity contribution in [2.45, 2.75) is 62.4 Å². The molecular formula is C23H35N3O4. The number of benzene rings is 1. The van der Waals surface area contributed by atoms with Gasteiger partial charge < -0.3 is 25.0 Å². The predicted molar refractivity (Wildman–Crippen MR) is 117 cm³/mol. The summed E-state index contributed by atoms with van der Waals surface area (Å²) in [5, 5.41) is 6.13. The maximum Gasteiger partial charge on any atom is 0.407 e. The first kappa shape index (κ1) is 21.1. The highest BCUT2D eigenvalue weighted by molar-refractivity contribution is 6.06. The molecule has 3 aliphatic rings. The van der Waals surface area contributed by atoms with Gasteiger partial charge in [-0.2, -0.15) is 0 Å². The number of para-hydroxylation sites is 1. The number of anilines is 1. The summed E-state index contributed by atoms with van der Waals surface area (Å²) in [5.74, 6) is 0.155. The molecule has 30 heavy (non-hydrogen) atoms. The molecule has 7 heteroatoms. The Kier molecular flexibility index (Phi) is 6.58. The number of rotatable bonds is 5. The second-order valence-electron chi connectivity index (χ2n) is 8.76. The van der Waals surface area contributed by atoms with Crippen molar-refractivity contribution in [3.8, 4) is 0 Å². The highest BCUT2D eigenvalue weighted by Crippen LogP contribution is 2.45. The molecule has 0 radical (unpaired) electrons. The van der Waals surface area contributed by atoms with Crippen molar-refractivity contribution in [1.82, 2.24) is 10.2 Å². The molecule has 1 aromatic rings. The fourth-order valence-electron chi connectivity index (χ4n) is 5.36. The van der Waals surface area contributed by atoms with E-state index in [0.717, 1.165) is 62.9 Å². The molecule has 0 aromatic heterocycles. The SMILES string of the molecule is COCCOC(=O)NC1CCCCC(N2CCC3(CC2)C(=O)Nc2ccccc23)C1.[HH]. The molecule has 2 atom stereocenters. The number of piperidine rings is 1. The maximum absolute atomic E-state index is 12.8. The van der Waals surface area contributed by atoms with Crippen LogP contribution >= 0.6 is 0 Å². The summed E-state index contributed by atoms with van der Waals surface area (Å²) in [6, 6.07) is 8.69. The van der Waals surface area contributed by atoms with Gasteiger partial charge in [-0.25, -0.2) is 4.79 Å². The van der Waals surface area contributed by atoms with Gasteiger partial charge in [0.2, 0.25) is 5.91 Å². The molecule has 4 rings (SSSR count). The van der Waals surface area contributed by atoms with E-state index in [2.05, 4.69) is 21.6 Å². The van der Waals surface area contributed by atoms with Crippen molar-refractivity contribution in [2.75, 3.05) is 38.7 Å². The van der Waals surface area contributed by atoms with E-state index in [1.807, 2.05) is 18.2 Å². The first-order valence-electron chi connectivity index (χ1n) is 11.2. The minimum absolute atomic E-state index is 0. The van der Waals surface area contributed by atoms with Gasteiger partial charge in [-0.3, -0.25) is 4.79 Å². The third-order valence-corrected chi connectivity index (χ3v) is 7.03. The van der Waals surface area contributed by atoms with Gasteiger partial charge in [0, 0.05) is 26.3 Å². The Morgan fingerprint density at radius 3 is 2.80 bits per heavy atom. The summed E-state index contributed by atoms with van der Waals surface area (Å²) in [4.78, 5) is 27.4. The van der Waals surface area contributed by atoms with Crippen LogP contribution in [0.1, 0.15) is 51.9 Å². The summed E-state index contributed by atoms with van der Waals surface area (Å²) in [6.07, 6.45) is 6.72. The Balaban J connectivity index is 0.00000272. The molecule has 2 N–H and O–H groups in total. The maximum atomic E-state index is 12.8. The van der Waals surface area contributed by atoms with E-state index in [9.17, 15) is 9.59 Å². The number of hydrogen-bond acceptors (Lipinski definition) is 5. The summed E-state index contributed by atoms with van der Waals surface area (Å²) in [6.45, 7) is 2.51. The smallest absolute Gasteiger partial charge is 0.407 e. The molecule has 1 saturated carbocycles. The Labute approximate surface area is 180 Å². The van der Waals surface area contributed by atoms with Crippen molar-refractivity contribution in [3.05, 3.63) is 29.8 Å². The third-order valence-electron chi connectivity index (χ3n) is 7.03. The number of fused-ring (bicyclic) bond motifs is 2. The van der Waals surface area contributed by atoms with E-state index in [0.29, 0.717) is 12.6 Å². The van der Waals surface area contributed by atoms with Crippen molar-refractivity contribution in [3.63, 3.8) is 0 Å². The summed E-state index contributed by atoms with van der Waals surface area (Å²) >= 11 is 0. The van der Waals surface area contributed by atoms with Gasteiger partial charge in [-0.15, -0.1) is 0 Å². The van der Waals surface area contributed by atoms with Crippen LogP contribution in [0.5, 0.6) is 0 Å². The van der Waals surface area contributed by atoms with Gasteiger partial charge in [0.05, 0.1) is 12.0 Å². The van der Waals surface area contributed by atoms with E-state index in [-0.39, 0.29) is 31.5 Å². The molecule has 1 aromatic carbocycles. The minimum atomic E-state index is -0.374. The first-order chi connectivity index (χ1) is 14.6. The van der Waals surface area contributed by atoms with Crippen molar-refractivity contribution >= 4 is 17.7 Å². The lowest BCUT2D eigenvalue weighted by molar-refractivity contribution is -0.122. The molecule has 0 bridgehead atoms. The fraction of sp³-hybridized carbons (Fsp3) is 0.652. The lowest BCUT2D eigenvalue weighted by Gasteiger charge is -2.42. The number of amides is 2. The topological polar surface area (TPSA) is 79.9 Å². The van der Waals surface area contributed by atoms with Gasteiger partial charge in [0.1, 0.15) is 6.61 Å². The molecule has 2 aliphatic heterocycles. The Hall–Kier alpha value is -2.12. The van der Waals surface area contributed by atoms with Crippen LogP contribution in [0, 0.1) is 0 Å². The fourth-order valence-corrected chi connectivity index (χ4v) is 5.36. The number of alkyl carbamates (subject to hydrolysis) is 1. The molecular weight excluding hydrogens is 382 g/mol. The standard InChI is InChI=1S/C23H33N3O4.H2/c1-29-14-15-30-22(28)24-17-6-2-3-7-18(16-17)26-12-10-23(11-13-26)19-8-4-5-9-20(19)25-21(23)27;/h4-5,8-9,17-18H,2-3,6-7,10-16H2,1H3,(H,24,28)(H,25,27);1H. The second kappa shape index (κ2) is 9.35. The van der Waals surface area contributed by atoms with Crippen LogP contribution in [0.3, 0.4) is 0 Å². The molecule has 2 amide bonds. The second-order valence-corrected chi connectivity index (χ2v) is 8.76. The largest absolute Gasteiger partial charge is 0.447 e.